The van der Waals surface area contributed by atoms with Crippen molar-refractivity contribution in [2.75, 3.05) is 5.75 Å². The third-order valence-corrected chi connectivity index (χ3v) is 3.05. The molecule has 0 bridgehead atoms. The van der Waals surface area contributed by atoms with Gasteiger partial charge >= 0.3 is 0 Å². The van der Waals surface area contributed by atoms with Crippen molar-refractivity contribution in [3.63, 3.8) is 0 Å². The zero-order valence-electron chi connectivity index (χ0n) is 8.23. The molecule has 0 saturated carbocycles. The average Bonchev–Trinajstić information content (AvgIpc) is 1.99. The van der Waals surface area contributed by atoms with E-state index < -0.39 is 0 Å². The molecule has 0 fully saturated rings. The second-order valence-corrected chi connectivity index (χ2v) is 4.83. The summed E-state index contributed by atoms with van der Waals surface area (Å²) in [5, 5.41) is 0.886. The first-order chi connectivity index (χ1) is 5.31. The third kappa shape index (κ3) is 8.25. The van der Waals surface area contributed by atoms with Gasteiger partial charge in [0.2, 0.25) is 0 Å². The van der Waals surface area contributed by atoms with Gasteiger partial charge in [-0.05, 0) is 12.2 Å². The molecule has 0 amide bonds. The molecule has 1 heteroatoms. The van der Waals surface area contributed by atoms with E-state index in [0.717, 1.165) is 5.25 Å². The zero-order chi connectivity index (χ0) is 8.53. The predicted octanol–water partition coefficient (Wildman–Crippen LogP) is 4.10. The summed E-state index contributed by atoms with van der Waals surface area (Å²) >= 11 is 2.09. The van der Waals surface area contributed by atoms with Crippen LogP contribution in [0.15, 0.2) is 0 Å². The molecule has 0 aromatic rings. The molecule has 0 spiro atoms. The molecule has 0 aromatic heterocycles. The largest absolute Gasteiger partial charge is 0.159 e. The molecule has 0 heterocycles. The summed E-state index contributed by atoms with van der Waals surface area (Å²) in [6.07, 6.45) is 7.06. The molecule has 0 aliphatic heterocycles. The summed E-state index contributed by atoms with van der Waals surface area (Å²) in [4.78, 5) is 0. The van der Waals surface area contributed by atoms with E-state index in [1.807, 2.05) is 0 Å². The van der Waals surface area contributed by atoms with Crippen LogP contribution in [-0.4, -0.2) is 11.0 Å². The van der Waals surface area contributed by atoms with Crippen LogP contribution in [0.4, 0.5) is 0 Å². The number of thioether (sulfide) groups is 1. The maximum Gasteiger partial charge on any atom is 0.00186 e. The molecule has 0 unspecified atom stereocenters. The molecule has 0 aromatic carbocycles. The molecule has 0 aliphatic carbocycles. The average molecular weight is 174 g/mol. The highest BCUT2D eigenvalue weighted by molar-refractivity contribution is 7.99. The molecular weight excluding hydrogens is 152 g/mol. The second-order valence-electron chi connectivity index (χ2n) is 3.12. The van der Waals surface area contributed by atoms with E-state index in [1.165, 1.54) is 37.9 Å². The quantitative estimate of drug-likeness (QED) is 0.524. The highest BCUT2D eigenvalue weighted by Crippen LogP contribution is 2.16. The van der Waals surface area contributed by atoms with Crippen molar-refractivity contribution in [1.29, 1.82) is 0 Å². The van der Waals surface area contributed by atoms with Crippen LogP contribution >= 0.6 is 11.8 Å². The van der Waals surface area contributed by atoms with E-state index in [0.29, 0.717) is 0 Å². The van der Waals surface area contributed by atoms with Gasteiger partial charge in [0.25, 0.3) is 0 Å². The van der Waals surface area contributed by atoms with Crippen LogP contribution in [0.5, 0.6) is 0 Å². The number of hydrogen-bond acceptors (Lipinski definition) is 1. The number of unbranched alkanes of at least 4 members (excludes halogenated alkanes) is 3. The Morgan fingerprint density at radius 3 is 2.36 bits per heavy atom. The fourth-order valence-corrected chi connectivity index (χ4v) is 2.13. The van der Waals surface area contributed by atoms with Crippen molar-refractivity contribution < 1.29 is 0 Å². The molecular formula is C10H22S. The highest BCUT2D eigenvalue weighted by atomic mass is 32.2. The van der Waals surface area contributed by atoms with Gasteiger partial charge in [0.15, 0.2) is 0 Å². The van der Waals surface area contributed by atoms with Crippen molar-refractivity contribution >= 4 is 11.8 Å². The van der Waals surface area contributed by atoms with Crippen LogP contribution in [0, 0.1) is 0 Å². The third-order valence-electron chi connectivity index (χ3n) is 1.92. The van der Waals surface area contributed by atoms with E-state index in [4.69, 9.17) is 0 Å². The number of rotatable bonds is 7. The van der Waals surface area contributed by atoms with E-state index >= 15 is 0 Å². The second kappa shape index (κ2) is 8.45. The first kappa shape index (κ1) is 11.4. The lowest BCUT2D eigenvalue weighted by Gasteiger charge is -2.08. The zero-order valence-corrected chi connectivity index (χ0v) is 9.04. The molecule has 1 atom stereocenters. The Labute approximate surface area is 76.1 Å². The van der Waals surface area contributed by atoms with E-state index in [-0.39, 0.29) is 0 Å². The minimum Gasteiger partial charge on any atom is -0.159 e. The summed E-state index contributed by atoms with van der Waals surface area (Å²) in [5.74, 6) is 1.27. The SMILES string of the molecule is CCCCCC[C@@H](C)SCC. The molecule has 11 heavy (non-hydrogen) atoms. The molecule has 0 aliphatic rings. The normalized spacial score (nSPS) is 13.4. The van der Waals surface area contributed by atoms with Crippen LogP contribution in [0.1, 0.15) is 52.9 Å². The minimum absolute atomic E-state index is 0.886. The molecule has 0 saturated heterocycles. The Hall–Kier alpha value is 0.350. The molecule has 68 valence electrons. The van der Waals surface area contributed by atoms with Gasteiger partial charge in [-0.2, -0.15) is 11.8 Å². The van der Waals surface area contributed by atoms with Gasteiger partial charge in [-0.25, -0.2) is 0 Å². The lowest BCUT2D eigenvalue weighted by atomic mass is 10.1. The summed E-state index contributed by atoms with van der Waals surface area (Å²) < 4.78 is 0. The maximum atomic E-state index is 2.35. The molecule has 0 N–H and O–H groups in total. The monoisotopic (exact) mass is 174 g/mol. The van der Waals surface area contributed by atoms with Crippen LogP contribution in [0.25, 0.3) is 0 Å². The van der Waals surface area contributed by atoms with Gasteiger partial charge in [0.05, 0.1) is 0 Å². The van der Waals surface area contributed by atoms with Crippen molar-refractivity contribution in [3.05, 3.63) is 0 Å². The van der Waals surface area contributed by atoms with Crippen LogP contribution < -0.4 is 0 Å². The molecule has 0 radical (unpaired) electrons. The van der Waals surface area contributed by atoms with E-state index in [2.05, 4.69) is 32.5 Å². The lowest BCUT2D eigenvalue weighted by Crippen LogP contribution is -1.95. The van der Waals surface area contributed by atoms with E-state index in [9.17, 15) is 0 Å². The minimum atomic E-state index is 0.886. The summed E-state index contributed by atoms with van der Waals surface area (Å²) in [6, 6.07) is 0. The Bertz CT molecular complexity index is 71.3. The fraction of sp³-hybridized carbons (Fsp3) is 1.00. The van der Waals surface area contributed by atoms with Crippen molar-refractivity contribution in [2.24, 2.45) is 0 Å². The summed E-state index contributed by atoms with van der Waals surface area (Å²) in [6.45, 7) is 6.86. The Balaban J connectivity index is 2.97. The van der Waals surface area contributed by atoms with Gasteiger partial charge < -0.3 is 0 Å². The molecule has 0 rings (SSSR count). The Kier molecular flexibility index (Phi) is 8.72. The van der Waals surface area contributed by atoms with E-state index in [1.54, 1.807) is 0 Å². The predicted molar refractivity (Wildman–Crippen MR) is 56.4 cm³/mol. The maximum absolute atomic E-state index is 2.35. The van der Waals surface area contributed by atoms with Gasteiger partial charge in [-0.15, -0.1) is 0 Å². The van der Waals surface area contributed by atoms with Gasteiger partial charge in [0, 0.05) is 5.25 Å². The van der Waals surface area contributed by atoms with Crippen LogP contribution in [-0.2, 0) is 0 Å². The Morgan fingerprint density at radius 2 is 1.82 bits per heavy atom. The lowest BCUT2D eigenvalue weighted by molar-refractivity contribution is 0.631. The van der Waals surface area contributed by atoms with Crippen molar-refractivity contribution in [2.45, 2.75) is 58.1 Å². The number of hydrogen-bond donors (Lipinski definition) is 0. The van der Waals surface area contributed by atoms with Crippen LogP contribution in [0.3, 0.4) is 0 Å². The first-order valence-electron chi connectivity index (χ1n) is 4.92. The smallest absolute Gasteiger partial charge is 0.00186 e. The van der Waals surface area contributed by atoms with Crippen molar-refractivity contribution in [3.8, 4) is 0 Å². The van der Waals surface area contributed by atoms with Gasteiger partial charge in [0.1, 0.15) is 0 Å². The first-order valence-corrected chi connectivity index (χ1v) is 5.97. The topological polar surface area (TPSA) is 0 Å². The summed E-state index contributed by atoms with van der Waals surface area (Å²) in [7, 11) is 0. The van der Waals surface area contributed by atoms with Gasteiger partial charge in [-0.1, -0.05) is 46.5 Å². The Morgan fingerprint density at radius 1 is 1.09 bits per heavy atom. The fourth-order valence-electron chi connectivity index (χ4n) is 1.23. The highest BCUT2D eigenvalue weighted by Gasteiger charge is 1.99. The van der Waals surface area contributed by atoms with Gasteiger partial charge in [-0.3, -0.25) is 0 Å². The standard InChI is InChI=1S/C10H22S/c1-4-6-7-8-9-10(3)11-5-2/h10H,4-9H2,1-3H3/t10-/m1/s1. The van der Waals surface area contributed by atoms with Crippen LogP contribution in [0.2, 0.25) is 0 Å². The summed E-state index contributed by atoms with van der Waals surface area (Å²) in [5.41, 5.74) is 0. The molecule has 0 nitrogen and oxygen atoms in total. The van der Waals surface area contributed by atoms with Crippen molar-refractivity contribution in [1.82, 2.24) is 0 Å².